The molecule has 3 nitrogen and oxygen atoms in total. The highest BCUT2D eigenvalue weighted by Crippen LogP contribution is 2.24. The smallest absolute Gasteiger partial charge is 0.254 e. The predicted molar refractivity (Wildman–Crippen MR) is 80.8 cm³/mol. The Morgan fingerprint density at radius 2 is 1.95 bits per heavy atom. The molecule has 0 aliphatic rings. The molecule has 0 radical (unpaired) electrons. The van der Waals surface area contributed by atoms with Gasteiger partial charge in [-0.2, -0.15) is 0 Å². The molecule has 1 amide bonds. The van der Waals surface area contributed by atoms with E-state index in [1.807, 2.05) is 24.3 Å². The Balaban J connectivity index is 2.25. The molecule has 3 N–H and O–H groups in total. The van der Waals surface area contributed by atoms with Crippen molar-refractivity contribution >= 4 is 27.5 Å². The quantitative estimate of drug-likeness (QED) is 0.823. The SMILES string of the molecule is CC(NC(=O)c1cc(F)cc(N)c1F)c1ccccc1Br. The first-order valence-corrected chi connectivity index (χ1v) is 6.99. The van der Waals surface area contributed by atoms with E-state index < -0.39 is 28.8 Å². The Morgan fingerprint density at radius 1 is 1.29 bits per heavy atom. The molecule has 6 heteroatoms. The van der Waals surface area contributed by atoms with E-state index in [0.717, 1.165) is 22.2 Å². The van der Waals surface area contributed by atoms with Crippen LogP contribution in [0.5, 0.6) is 0 Å². The average Bonchev–Trinajstić information content (AvgIpc) is 2.43. The molecule has 2 aromatic carbocycles. The van der Waals surface area contributed by atoms with Crippen LogP contribution in [0, 0.1) is 11.6 Å². The minimum absolute atomic E-state index is 0.378. The summed E-state index contributed by atoms with van der Waals surface area (Å²) in [5.74, 6) is -2.40. The van der Waals surface area contributed by atoms with E-state index in [1.165, 1.54) is 0 Å². The van der Waals surface area contributed by atoms with Crippen molar-refractivity contribution in [3.8, 4) is 0 Å². The summed E-state index contributed by atoms with van der Waals surface area (Å²) in [5.41, 5.74) is 5.35. The molecule has 0 bridgehead atoms. The van der Waals surface area contributed by atoms with Gasteiger partial charge in [0.1, 0.15) is 5.82 Å². The first-order chi connectivity index (χ1) is 9.90. The molecule has 0 aromatic heterocycles. The standard InChI is InChI=1S/C15H13BrF2N2O/c1-8(10-4-2-3-5-12(10)16)20-15(21)11-6-9(17)7-13(19)14(11)18/h2-8H,19H2,1H3,(H,20,21). The molecular formula is C15H13BrF2N2O. The Bertz CT molecular complexity index is 691. The number of nitrogens with two attached hydrogens (primary N) is 1. The minimum atomic E-state index is -0.923. The normalized spacial score (nSPS) is 12.0. The molecule has 2 aromatic rings. The van der Waals surface area contributed by atoms with Crippen molar-refractivity contribution in [2.45, 2.75) is 13.0 Å². The highest BCUT2D eigenvalue weighted by molar-refractivity contribution is 9.10. The maximum absolute atomic E-state index is 13.8. The second kappa shape index (κ2) is 6.22. The van der Waals surface area contributed by atoms with E-state index in [0.29, 0.717) is 0 Å². The summed E-state index contributed by atoms with van der Waals surface area (Å²) in [7, 11) is 0. The molecule has 0 heterocycles. The summed E-state index contributed by atoms with van der Waals surface area (Å²) in [5, 5.41) is 2.62. The van der Waals surface area contributed by atoms with Crippen LogP contribution in [-0.2, 0) is 0 Å². The van der Waals surface area contributed by atoms with E-state index >= 15 is 0 Å². The number of nitrogen functional groups attached to an aromatic ring is 1. The third-order valence-corrected chi connectivity index (χ3v) is 3.75. The summed E-state index contributed by atoms with van der Waals surface area (Å²) < 4.78 is 27.9. The van der Waals surface area contributed by atoms with Gasteiger partial charge in [-0.05, 0) is 30.7 Å². The van der Waals surface area contributed by atoms with Gasteiger partial charge in [-0.1, -0.05) is 34.1 Å². The lowest BCUT2D eigenvalue weighted by Crippen LogP contribution is -2.28. The van der Waals surface area contributed by atoms with Gasteiger partial charge in [-0.15, -0.1) is 0 Å². The number of carbonyl (C=O) groups is 1. The molecule has 2 rings (SSSR count). The van der Waals surface area contributed by atoms with Crippen LogP contribution in [0.15, 0.2) is 40.9 Å². The number of rotatable bonds is 3. The van der Waals surface area contributed by atoms with Gasteiger partial charge in [0, 0.05) is 4.47 Å². The zero-order valence-electron chi connectivity index (χ0n) is 11.2. The van der Waals surface area contributed by atoms with Crippen LogP contribution in [0.3, 0.4) is 0 Å². The molecule has 21 heavy (non-hydrogen) atoms. The van der Waals surface area contributed by atoms with Crippen LogP contribution >= 0.6 is 15.9 Å². The topological polar surface area (TPSA) is 55.1 Å². The van der Waals surface area contributed by atoms with E-state index in [2.05, 4.69) is 21.2 Å². The Kier molecular flexibility index (Phi) is 4.57. The van der Waals surface area contributed by atoms with Gasteiger partial charge in [0.2, 0.25) is 0 Å². The van der Waals surface area contributed by atoms with E-state index in [1.54, 1.807) is 6.92 Å². The Morgan fingerprint density at radius 3 is 2.62 bits per heavy atom. The van der Waals surface area contributed by atoms with Crippen molar-refractivity contribution in [2.24, 2.45) is 0 Å². The largest absolute Gasteiger partial charge is 0.396 e. The Hall–Kier alpha value is -1.95. The van der Waals surface area contributed by atoms with E-state index in [4.69, 9.17) is 5.73 Å². The zero-order valence-corrected chi connectivity index (χ0v) is 12.7. The van der Waals surface area contributed by atoms with Gasteiger partial charge in [0.05, 0.1) is 17.3 Å². The molecule has 1 atom stereocenters. The van der Waals surface area contributed by atoms with Crippen LogP contribution in [0.25, 0.3) is 0 Å². The molecule has 0 aliphatic carbocycles. The minimum Gasteiger partial charge on any atom is -0.396 e. The first kappa shape index (κ1) is 15.4. The fourth-order valence-corrected chi connectivity index (χ4v) is 2.58. The van der Waals surface area contributed by atoms with Gasteiger partial charge in [-0.25, -0.2) is 8.78 Å². The van der Waals surface area contributed by atoms with Gasteiger partial charge in [-0.3, -0.25) is 4.79 Å². The molecule has 0 aliphatic heterocycles. The van der Waals surface area contributed by atoms with Crippen LogP contribution in [0.1, 0.15) is 28.9 Å². The van der Waals surface area contributed by atoms with Crippen molar-refractivity contribution in [3.05, 3.63) is 63.6 Å². The number of hydrogen-bond donors (Lipinski definition) is 2. The average molecular weight is 355 g/mol. The second-order valence-electron chi connectivity index (χ2n) is 4.57. The van der Waals surface area contributed by atoms with Gasteiger partial charge in [0.25, 0.3) is 5.91 Å². The van der Waals surface area contributed by atoms with Gasteiger partial charge < -0.3 is 11.1 Å². The third kappa shape index (κ3) is 3.39. The molecule has 110 valence electrons. The molecule has 0 saturated heterocycles. The van der Waals surface area contributed by atoms with Crippen LogP contribution in [0.4, 0.5) is 14.5 Å². The number of carbonyl (C=O) groups excluding carboxylic acids is 1. The third-order valence-electron chi connectivity index (χ3n) is 3.03. The number of nitrogens with one attached hydrogen (secondary N) is 1. The van der Waals surface area contributed by atoms with Gasteiger partial charge >= 0.3 is 0 Å². The fourth-order valence-electron chi connectivity index (χ4n) is 1.95. The number of halogens is 3. The first-order valence-electron chi connectivity index (χ1n) is 6.20. The monoisotopic (exact) mass is 354 g/mol. The van der Waals surface area contributed by atoms with Crippen molar-refractivity contribution in [3.63, 3.8) is 0 Å². The summed E-state index contributed by atoms with van der Waals surface area (Å²) in [4.78, 5) is 12.1. The molecule has 0 saturated carbocycles. The summed E-state index contributed by atoms with van der Waals surface area (Å²) in [6.07, 6.45) is 0. The van der Waals surface area contributed by atoms with E-state index in [9.17, 15) is 13.6 Å². The summed E-state index contributed by atoms with van der Waals surface area (Å²) in [6, 6.07) is 8.61. The predicted octanol–water partition coefficient (Wildman–Crippen LogP) is 3.80. The lowest BCUT2D eigenvalue weighted by atomic mass is 10.1. The lowest BCUT2D eigenvalue weighted by Gasteiger charge is -2.16. The highest BCUT2D eigenvalue weighted by Gasteiger charge is 2.19. The highest BCUT2D eigenvalue weighted by atomic mass is 79.9. The van der Waals surface area contributed by atoms with Crippen molar-refractivity contribution < 1.29 is 13.6 Å². The number of amides is 1. The zero-order chi connectivity index (χ0) is 15.6. The fraction of sp³-hybridized carbons (Fsp3) is 0.133. The molecule has 0 spiro atoms. The second-order valence-corrected chi connectivity index (χ2v) is 5.43. The molecule has 1 unspecified atom stereocenters. The molecular weight excluding hydrogens is 342 g/mol. The summed E-state index contributed by atoms with van der Waals surface area (Å²) in [6.45, 7) is 1.75. The van der Waals surface area contributed by atoms with E-state index in [-0.39, 0.29) is 6.04 Å². The number of hydrogen-bond acceptors (Lipinski definition) is 2. The Labute approximate surface area is 129 Å². The van der Waals surface area contributed by atoms with Crippen molar-refractivity contribution in [2.75, 3.05) is 5.73 Å². The maximum atomic E-state index is 13.8. The van der Waals surface area contributed by atoms with Crippen LogP contribution < -0.4 is 11.1 Å². The maximum Gasteiger partial charge on any atom is 0.254 e. The summed E-state index contributed by atoms with van der Waals surface area (Å²) >= 11 is 3.38. The van der Waals surface area contributed by atoms with Crippen molar-refractivity contribution in [1.82, 2.24) is 5.32 Å². The van der Waals surface area contributed by atoms with Crippen LogP contribution in [0.2, 0.25) is 0 Å². The van der Waals surface area contributed by atoms with Crippen molar-refractivity contribution in [1.29, 1.82) is 0 Å². The van der Waals surface area contributed by atoms with Crippen LogP contribution in [-0.4, -0.2) is 5.91 Å². The number of anilines is 1. The lowest BCUT2D eigenvalue weighted by molar-refractivity contribution is 0.0935. The molecule has 0 fully saturated rings. The van der Waals surface area contributed by atoms with Gasteiger partial charge in [0.15, 0.2) is 5.82 Å². The number of benzene rings is 2.